The Bertz CT molecular complexity index is 653. The first-order valence-corrected chi connectivity index (χ1v) is 9.06. The maximum absolute atomic E-state index is 12.1. The van der Waals surface area contributed by atoms with E-state index in [-0.39, 0.29) is 12.5 Å². The van der Waals surface area contributed by atoms with Crippen LogP contribution in [0.25, 0.3) is 0 Å². The Labute approximate surface area is 134 Å². The number of thiophene rings is 3. The standard InChI is InChI=1S/C15H13NO2S3/c17-14(11-3-6-19-8-11)16-10-15(18,12-4-7-20-9-12)13-2-1-5-21-13/h1-9,18H,10H2,(H,16,17). The van der Waals surface area contributed by atoms with Crippen LogP contribution in [0.5, 0.6) is 0 Å². The summed E-state index contributed by atoms with van der Waals surface area (Å²) < 4.78 is 0. The van der Waals surface area contributed by atoms with E-state index in [1.54, 1.807) is 11.4 Å². The monoisotopic (exact) mass is 335 g/mol. The van der Waals surface area contributed by atoms with Crippen LogP contribution in [-0.2, 0) is 5.60 Å². The van der Waals surface area contributed by atoms with E-state index in [4.69, 9.17) is 0 Å². The SMILES string of the molecule is O=C(NCC(O)(c1ccsc1)c1cccs1)c1ccsc1. The molecule has 3 rings (SSSR count). The summed E-state index contributed by atoms with van der Waals surface area (Å²) in [6.45, 7) is 0.152. The molecule has 1 amide bonds. The second kappa shape index (κ2) is 6.11. The molecule has 0 aliphatic heterocycles. The molecule has 0 aromatic carbocycles. The van der Waals surface area contributed by atoms with Crippen LogP contribution < -0.4 is 5.32 Å². The third kappa shape index (κ3) is 2.94. The topological polar surface area (TPSA) is 49.3 Å². The lowest BCUT2D eigenvalue weighted by Crippen LogP contribution is -2.40. The molecule has 0 aliphatic rings. The molecule has 0 saturated heterocycles. The molecule has 0 spiro atoms. The van der Waals surface area contributed by atoms with Crippen molar-refractivity contribution in [1.29, 1.82) is 0 Å². The first-order chi connectivity index (χ1) is 10.2. The van der Waals surface area contributed by atoms with Crippen LogP contribution >= 0.6 is 34.0 Å². The molecule has 1 unspecified atom stereocenters. The minimum atomic E-state index is -1.18. The third-order valence-corrected chi connectivity index (χ3v) is 5.60. The van der Waals surface area contributed by atoms with Gasteiger partial charge < -0.3 is 10.4 Å². The fraction of sp³-hybridized carbons (Fsp3) is 0.133. The molecular formula is C15H13NO2S3. The van der Waals surface area contributed by atoms with E-state index < -0.39 is 5.60 Å². The molecule has 3 aromatic heterocycles. The highest BCUT2D eigenvalue weighted by molar-refractivity contribution is 7.10. The molecule has 0 aliphatic carbocycles. The lowest BCUT2D eigenvalue weighted by Gasteiger charge is -2.26. The Morgan fingerprint density at radius 3 is 2.57 bits per heavy atom. The molecule has 3 aromatic rings. The van der Waals surface area contributed by atoms with Gasteiger partial charge in [0.15, 0.2) is 0 Å². The number of carbonyl (C=O) groups excluding carboxylic acids is 1. The van der Waals surface area contributed by atoms with Crippen molar-refractivity contribution < 1.29 is 9.90 Å². The van der Waals surface area contributed by atoms with Crippen molar-refractivity contribution in [3.63, 3.8) is 0 Å². The molecule has 6 heteroatoms. The van der Waals surface area contributed by atoms with E-state index in [0.29, 0.717) is 5.56 Å². The van der Waals surface area contributed by atoms with Crippen molar-refractivity contribution in [2.45, 2.75) is 5.60 Å². The molecule has 3 heterocycles. The number of aliphatic hydroxyl groups is 1. The van der Waals surface area contributed by atoms with Crippen LogP contribution in [0.3, 0.4) is 0 Å². The van der Waals surface area contributed by atoms with Gasteiger partial charge in [0.2, 0.25) is 0 Å². The van der Waals surface area contributed by atoms with Crippen molar-refractivity contribution in [3.8, 4) is 0 Å². The number of rotatable bonds is 5. The van der Waals surface area contributed by atoms with E-state index in [1.807, 2.05) is 39.7 Å². The minimum absolute atomic E-state index is 0.152. The summed E-state index contributed by atoms with van der Waals surface area (Å²) in [5.74, 6) is -0.165. The van der Waals surface area contributed by atoms with Gasteiger partial charge in [-0.2, -0.15) is 22.7 Å². The normalized spacial score (nSPS) is 13.8. The summed E-state index contributed by atoms with van der Waals surface area (Å²) in [7, 11) is 0. The Kier molecular flexibility index (Phi) is 4.21. The van der Waals surface area contributed by atoms with Crippen LogP contribution in [0.1, 0.15) is 20.8 Å². The predicted molar refractivity (Wildman–Crippen MR) is 88.3 cm³/mol. The quantitative estimate of drug-likeness (QED) is 0.749. The predicted octanol–water partition coefficient (Wildman–Crippen LogP) is 3.54. The second-order valence-corrected chi connectivity index (χ2v) is 7.05. The average molecular weight is 335 g/mol. The average Bonchev–Trinajstić information content (AvgIpc) is 3.27. The zero-order valence-electron chi connectivity index (χ0n) is 11.0. The fourth-order valence-corrected chi connectivity index (χ4v) is 4.25. The third-order valence-electron chi connectivity index (χ3n) is 3.22. The first-order valence-electron chi connectivity index (χ1n) is 6.29. The fourth-order valence-electron chi connectivity index (χ4n) is 2.05. The van der Waals surface area contributed by atoms with Crippen LogP contribution in [0.4, 0.5) is 0 Å². The number of hydrogen-bond donors (Lipinski definition) is 2. The van der Waals surface area contributed by atoms with Crippen molar-refractivity contribution >= 4 is 39.9 Å². The molecular weight excluding hydrogens is 322 g/mol. The Morgan fingerprint density at radius 2 is 1.95 bits per heavy atom. The van der Waals surface area contributed by atoms with E-state index >= 15 is 0 Å². The van der Waals surface area contributed by atoms with Gasteiger partial charge in [-0.1, -0.05) is 6.07 Å². The summed E-state index contributed by atoms with van der Waals surface area (Å²) in [4.78, 5) is 12.9. The molecule has 0 bridgehead atoms. The highest BCUT2D eigenvalue weighted by Gasteiger charge is 2.33. The summed E-state index contributed by atoms with van der Waals surface area (Å²) in [6.07, 6.45) is 0. The van der Waals surface area contributed by atoms with Crippen molar-refractivity contribution in [1.82, 2.24) is 5.32 Å². The van der Waals surface area contributed by atoms with Gasteiger partial charge in [0, 0.05) is 21.4 Å². The Hall–Kier alpha value is -1.47. The van der Waals surface area contributed by atoms with Crippen molar-refractivity contribution in [2.75, 3.05) is 6.54 Å². The second-order valence-electron chi connectivity index (χ2n) is 4.54. The van der Waals surface area contributed by atoms with Gasteiger partial charge in [0.1, 0.15) is 5.60 Å². The lowest BCUT2D eigenvalue weighted by atomic mass is 9.94. The number of carbonyl (C=O) groups is 1. The number of hydrogen-bond acceptors (Lipinski definition) is 5. The molecule has 1 atom stereocenters. The molecule has 0 radical (unpaired) electrons. The molecule has 21 heavy (non-hydrogen) atoms. The Morgan fingerprint density at radius 1 is 1.14 bits per heavy atom. The zero-order chi connectivity index (χ0) is 14.7. The summed E-state index contributed by atoms with van der Waals surface area (Å²) >= 11 is 4.49. The highest BCUT2D eigenvalue weighted by Crippen LogP contribution is 2.33. The van der Waals surface area contributed by atoms with E-state index in [2.05, 4.69) is 5.32 Å². The van der Waals surface area contributed by atoms with Gasteiger partial charge in [-0.15, -0.1) is 11.3 Å². The zero-order valence-corrected chi connectivity index (χ0v) is 13.4. The number of amides is 1. The minimum Gasteiger partial charge on any atom is -0.378 e. The van der Waals surface area contributed by atoms with E-state index in [1.165, 1.54) is 34.0 Å². The first kappa shape index (κ1) is 14.5. The van der Waals surface area contributed by atoms with Gasteiger partial charge in [-0.25, -0.2) is 0 Å². The smallest absolute Gasteiger partial charge is 0.252 e. The number of nitrogens with one attached hydrogen (secondary N) is 1. The van der Waals surface area contributed by atoms with Gasteiger partial charge in [0.05, 0.1) is 6.54 Å². The molecule has 0 saturated carbocycles. The molecule has 2 N–H and O–H groups in total. The summed E-state index contributed by atoms with van der Waals surface area (Å²) in [5.41, 5.74) is 0.249. The van der Waals surface area contributed by atoms with Gasteiger partial charge in [-0.3, -0.25) is 4.79 Å². The molecule has 0 fully saturated rings. The van der Waals surface area contributed by atoms with Crippen LogP contribution in [0.2, 0.25) is 0 Å². The highest BCUT2D eigenvalue weighted by atomic mass is 32.1. The lowest BCUT2D eigenvalue weighted by molar-refractivity contribution is 0.0721. The van der Waals surface area contributed by atoms with Gasteiger partial charge in [-0.05, 0) is 39.7 Å². The summed E-state index contributed by atoms with van der Waals surface area (Å²) in [6, 6.07) is 7.45. The van der Waals surface area contributed by atoms with Crippen molar-refractivity contribution in [2.24, 2.45) is 0 Å². The van der Waals surface area contributed by atoms with Crippen LogP contribution in [0.15, 0.2) is 51.2 Å². The largest absolute Gasteiger partial charge is 0.378 e. The van der Waals surface area contributed by atoms with Crippen LogP contribution in [0, 0.1) is 0 Å². The van der Waals surface area contributed by atoms with E-state index in [9.17, 15) is 9.90 Å². The molecule has 108 valence electrons. The van der Waals surface area contributed by atoms with Crippen molar-refractivity contribution in [3.05, 3.63) is 67.2 Å². The van der Waals surface area contributed by atoms with Gasteiger partial charge >= 0.3 is 0 Å². The van der Waals surface area contributed by atoms with Gasteiger partial charge in [0.25, 0.3) is 5.91 Å². The summed E-state index contributed by atoms with van der Waals surface area (Å²) in [5, 5.41) is 23.3. The maximum atomic E-state index is 12.1. The van der Waals surface area contributed by atoms with Crippen LogP contribution in [-0.4, -0.2) is 17.6 Å². The Balaban J connectivity index is 1.83. The maximum Gasteiger partial charge on any atom is 0.252 e. The molecule has 3 nitrogen and oxygen atoms in total. The van der Waals surface area contributed by atoms with E-state index in [0.717, 1.165) is 10.4 Å².